The van der Waals surface area contributed by atoms with E-state index in [-0.39, 0.29) is 18.0 Å². The topological polar surface area (TPSA) is 113 Å². The van der Waals surface area contributed by atoms with E-state index in [1.54, 1.807) is 17.2 Å². The minimum atomic E-state index is -1.06. The molecular formula is C22H27FN6O2. The number of primary amides is 1. The Bertz CT molecular complexity index is 952. The van der Waals surface area contributed by atoms with E-state index in [9.17, 15) is 14.0 Å². The Labute approximate surface area is 180 Å². The summed E-state index contributed by atoms with van der Waals surface area (Å²) in [6, 6.07) is 5.11. The molecule has 164 valence electrons. The molecule has 2 amide bonds. The van der Waals surface area contributed by atoms with Crippen LogP contribution in [0.1, 0.15) is 47.4 Å². The lowest BCUT2D eigenvalue weighted by Gasteiger charge is -2.29. The highest BCUT2D eigenvalue weighted by Crippen LogP contribution is 2.23. The van der Waals surface area contributed by atoms with Crippen LogP contribution in [-0.4, -0.2) is 53.6 Å². The number of carbonyl (C=O) groups excluding carboxylic acids is 2. The Morgan fingerprint density at radius 3 is 2.81 bits per heavy atom. The highest BCUT2D eigenvalue weighted by Gasteiger charge is 2.26. The zero-order valence-electron chi connectivity index (χ0n) is 17.3. The summed E-state index contributed by atoms with van der Waals surface area (Å²) in [6.07, 6.45) is 5.62. The summed E-state index contributed by atoms with van der Waals surface area (Å²) in [4.78, 5) is 34.5. The van der Waals surface area contributed by atoms with Gasteiger partial charge in [-0.2, -0.15) is 0 Å². The van der Waals surface area contributed by atoms with Crippen molar-refractivity contribution in [3.05, 3.63) is 47.5 Å². The molecule has 2 aliphatic rings. The van der Waals surface area contributed by atoms with Crippen LogP contribution in [0.2, 0.25) is 0 Å². The Hall–Kier alpha value is -3.07. The minimum Gasteiger partial charge on any atom is -0.379 e. The van der Waals surface area contributed by atoms with Gasteiger partial charge in [0.1, 0.15) is 6.17 Å². The normalized spacial score (nSPS) is 21.7. The van der Waals surface area contributed by atoms with Crippen molar-refractivity contribution in [2.24, 2.45) is 5.73 Å². The maximum atomic E-state index is 14.2. The molecule has 0 spiro atoms. The third-order valence-corrected chi connectivity index (χ3v) is 5.78. The maximum Gasteiger partial charge on any atom is 0.252 e. The number of aromatic nitrogens is 2. The molecule has 0 aromatic carbocycles. The Morgan fingerprint density at radius 1 is 1.26 bits per heavy atom. The molecule has 2 atom stereocenters. The fourth-order valence-electron chi connectivity index (χ4n) is 4.04. The second-order valence-electron chi connectivity index (χ2n) is 8.03. The highest BCUT2D eigenvalue weighted by molar-refractivity contribution is 5.98. The fraction of sp³-hybridized carbons (Fsp3) is 0.455. The largest absolute Gasteiger partial charge is 0.379 e. The van der Waals surface area contributed by atoms with Crippen LogP contribution in [0.4, 0.5) is 15.8 Å². The zero-order chi connectivity index (χ0) is 21.8. The lowest BCUT2D eigenvalue weighted by Crippen LogP contribution is -2.45. The number of alkyl halides is 1. The smallest absolute Gasteiger partial charge is 0.252 e. The average molecular weight is 426 g/mol. The van der Waals surface area contributed by atoms with Gasteiger partial charge >= 0.3 is 0 Å². The van der Waals surface area contributed by atoms with Crippen LogP contribution >= 0.6 is 0 Å². The van der Waals surface area contributed by atoms with Gasteiger partial charge < -0.3 is 21.3 Å². The van der Waals surface area contributed by atoms with E-state index in [1.807, 2.05) is 12.1 Å². The van der Waals surface area contributed by atoms with Crippen molar-refractivity contribution in [1.29, 1.82) is 0 Å². The van der Waals surface area contributed by atoms with Crippen molar-refractivity contribution in [2.45, 2.75) is 44.3 Å². The number of rotatable bonds is 6. The first-order valence-corrected chi connectivity index (χ1v) is 10.7. The molecule has 2 fully saturated rings. The van der Waals surface area contributed by atoms with E-state index in [0.29, 0.717) is 37.2 Å². The predicted molar refractivity (Wildman–Crippen MR) is 116 cm³/mol. The summed E-state index contributed by atoms with van der Waals surface area (Å²) in [5.41, 5.74) is 8.48. The SMILES string of the molecule is NC(=O)c1cnc(Cc2ccc(N3CCCCC3=O)cn2)cc1N[C@@H]1CCNC[C@@H]1F. The van der Waals surface area contributed by atoms with Crippen molar-refractivity contribution in [2.75, 3.05) is 29.9 Å². The first-order valence-electron chi connectivity index (χ1n) is 10.7. The molecule has 0 aliphatic carbocycles. The van der Waals surface area contributed by atoms with Gasteiger partial charge in [0.2, 0.25) is 5.91 Å². The second kappa shape index (κ2) is 9.38. The number of anilines is 2. The van der Waals surface area contributed by atoms with Crippen LogP contribution in [-0.2, 0) is 11.2 Å². The van der Waals surface area contributed by atoms with Crippen LogP contribution in [0.15, 0.2) is 30.6 Å². The molecule has 31 heavy (non-hydrogen) atoms. The van der Waals surface area contributed by atoms with Gasteiger partial charge in [0.25, 0.3) is 5.91 Å². The number of amides is 2. The molecule has 0 radical (unpaired) electrons. The molecule has 2 aromatic heterocycles. The molecule has 4 heterocycles. The van der Waals surface area contributed by atoms with Crippen LogP contribution in [0, 0.1) is 0 Å². The van der Waals surface area contributed by atoms with Gasteiger partial charge in [-0.1, -0.05) is 0 Å². The van der Waals surface area contributed by atoms with Gasteiger partial charge in [0, 0.05) is 43.5 Å². The number of nitrogens with one attached hydrogen (secondary N) is 2. The van der Waals surface area contributed by atoms with E-state index in [0.717, 1.165) is 30.8 Å². The van der Waals surface area contributed by atoms with Gasteiger partial charge in [0.15, 0.2) is 0 Å². The van der Waals surface area contributed by atoms with Gasteiger partial charge in [-0.05, 0) is 44.0 Å². The van der Waals surface area contributed by atoms with Crippen LogP contribution in [0.25, 0.3) is 0 Å². The lowest BCUT2D eigenvalue weighted by molar-refractivity contribution is -0.119. The molecule has 2 aromatic rings. The third kappa shape index (κ3) is 4.99. The van der Waals surface area contributed by atoms with Crippen LogP contribution in [0.5, 0.6) is 0 Å². The summed E-state index contributed by atoms with van der Waals surface area (Å²) < 4.78 is 14.2. The van der Waals surface area contributed by atoms with E-state index in [2.05, 4.69) is 20.6 Å². The van der Waals surface area contributed by atoms with Crippen molar-refractivity contribution >= 4 is 23.2 Å². The number of halogens is 1. The quantitative estimate of drug-likeness (QED) is 0.649. The maximum absolute atomic E-state index is 14.2. The molecule has 4 N–H and O–H groups in total. The lowest BCUT2D eigenvalue weighted by atomic mass is 10.0. The zero-order valence-corrected chi connectivity index (χ0v) is 17.3. The van der Waals surface area contributed by atoms with Gasteiger partial charge in [-0.25, -0.2) is 4.39 Å². The van der Waals surface area contributed by atoms with E-state index in [1.165, 1.54) is 6.20 Å². The number of pyridine rings is 2. The van der Waals surface area contributed by atoms with Gasteiger partial charge in [-0.3, -0.25) is 19.6 Å². The van der Waals surface area contributed by atoms with Crippen LogP contribution in [0.3, 0.4) is 0 Å². The molecule has 2 aliphatic heterocycles. The van der Waals surface area contributed by atoms with E-state index >= 15 is 0 Å². The van der Waals surface area contributed by atoms with Gasteiger partial charge in [0.05, 0.1) is 29.2 Å². The number of hydrogen-bond donors (Lipinski definition) is 3. The summed E-state index contributed by atoms with van der Waals surface area (Å²) in [7, 11) is 0. The molecular weight excluding hydrogens is 399 g/mol. The van der Waals surface area contributed by atoms with Crippen LogP contribution < -0.4 is 21.3 Å². The average Bonchev–Trinajstić information content (AvgIpc) is 2.76. The molecule has 0 bridgehead atoms. The number of carbonyl (C=O) groups is 2. The summed E-state index contributed by atoms with van der Waals surface area (Å²) in [5, 5.41) is 6.15. The predicted octanol–water partition coefficient (Wildman–Crippen LogP) is 1.80. The molecule has 4 rings (SSSR count). The number of hydrogen-bond acceptors (Lipinski definition) is 6. The van der Waals surface area contributed by atoms with E-state index < -0.39 is 18.1 Å². The molecule has 0 saturated carbocycles. The number of nitrogens with two attached hydrogens (primary N) is 1. The fourth-order valence-corrected chi connectivity index (χ4v) is 4.04. The van der Waals surface area contributed by atoms with Gasteiger partial charge in [-0.15, -0.1) is 0 Å². The number of nitrogens with zero attached hydrogens (tertiary/aromatic N) is 3. The summed E-state index contributed by atoms with van der Waals surface area (Å²) in [5.74, 6) is -0.483. The molecule has 2 saturated heterocycles. The second-order valence-corrected chi connectivity index (χ2v) is 8.03. The summed E-state index contributed by atoms with van der Waals surface area (Å²) in [6.45, 7) is 1.70. The van der Waals surface area contributed by atoms with Crippen molar-refractivity contribution in [3.63, 3.8) is 0 Å². The molecule has 8 nitrogen and oxygen atoms in total. The third-order valence-electron chi connectivity index (χ3n) is 5.78. The highest BCUT2D eigenvalue weighted by atomic mass is 19.1. The first-order chi connectivity index (χ1) is 15.0. The van der Waals surface area contributed by atoms with Crippen molar-refractivity contribution in [1.82, 2.24) is 15.3 Å². The summed E-state index contributed by atoms with van der Waals surface area (Å²) >= 11 is 0. The Balaban J connectivity index is 1.50. The van der Waals surface area contributed by atoms with Crippen molar-refractivity contribution < 1.29 is 14.0 Å². The first kappa shape index (κ1) is 21.2. The number of piperidine rings is 2. The van der Waals surface area contributed by atoms with Crippen molar-refractivity contribution in [3.8, 4) is 0 Å². The Kier molecular flexibility index (Phi) is 6.41. The Morgan fingerprint density at radius 2 is 2.10 bits per heavy atom. The monoisotopic (exact) mass is 426 g/mol. The molecule has 0 unspecified atom stereocenters. The minimum absolute atomic E-state index is 0.129. The van der Waals surface area contributed by atoms with E-state index in [4.69, 9.17) is 5.73 Å². The molecule has 9 heteroatoms. The standard InChI is InChI=1S/C22H27FN6O2/c23-18-13-25-7-6-19(18)28-20-10-15(27-12-17(20)22(24)31)9-14-4-5-16(11-26-14)29-8-2-1-3-21(29)30/h4-5,10-12,18-19,25H,1-3,6-9,13H2,(H2,24,31)(H,27,28)/t18-,19+/m0/s1.